The molecule has 0 aliphatic heterocycles. The largest absolute Gasteiger partial charge is 0.384 e. The average molecular weight is 204 g/mol. The molecule has 2 rings (SSSR count). The number of aromatic amines is 1. The minimum atomic E-state index is 0.0754. The lowest BCUT2D eigenvalue weighted by atomic mass is 10.1. The van der Waals surface area contributed by atoms with Crippen molar-refractivity contribution in [3.05, 3.63) is 29.6 Å². The molecule has 0 aliphatic carbocycles. The summed E-state index contributed by atoms with van der Waals surface area (Å²) in [6.07, 6.45) is 1.65. The first kappa shape index (κ1) is 11.2. The van der Waals surface area contributed by atoms with Crippen LogP contribution in [0.5, 0.6) is 0 Å². The number of fused-ring (bicyclic) bond motifs is 1. The lowest BCUT2D eigenvalue weighted by molar-refractivity contribution is 1.25. The van der Waals surface area contributed by atoms with E-state index in [0.717, 1.165) is 22.3 Å². The number of pyridine rings is 1. The Labute approximate surface area is 89.0 Å². The third kappa shape index (κ3) is 2.15. The van der Waals surface area contributed by atoms with E-state index in [1.165, 1.54) is 0 Å². The first-order valence-electron chi connectivity index (χ1n) is 4.97. The van der Waals surface area contributed by atoms with E-state index in [1.807, 2.05) is 26.8 Å². The van der Waals surface area contributed by atoms with E-state index < -0.39 is 0 Å². The van der Waals surface area contributed by atoms with Gasteiger partial charge in [-0.1, -0.05) is 13.8 Å². The Bertz CT molecular complexity index is 470. The summed E-state index contributed by atoms with van der Waals surface area (Å²) in [6.45, 7) is 5.95. The molecule has 4 heteroatoms. The number of hydrogen-bond acceptors (Lipinski definition) is 2. The SMILES string of the molecule is CC.Cc1cc2c(C(=N)N)ccnc2[nH]1. The van der Waals surface area contributed by atoms with Crippen LogP contribution in [0.25, 0.3) is 11.0 Å². The second-order valence-electron chi connectivity index (χ2n) is 2.99. The molecule has 0 aromatic carbocycles. The van der Waals surface area contributed by atoms with Crippen molar-refractivity contribution in [2.24, 2.45) is 5.73 Å². The molecule has 80 valence electrons. The van der Waals surface area contributed by atoms with Gasteiger partial charge >= 0.3 is 0 Å². The van der Waals surface area contributed by atoms with Crippen molar-refractivity contribution in [2.75, 3.05) is 0 Å². The van der Waals surface area contributed by atoms with Crippen LogP contribution in [0.1, 0.15) is 25.1 Å². The van der Waals surface area contributed by atoms with Crippen molar-refractivity contribution in [3.63, 3.8) is 0 Å². The smallest absolute Gasteiger partial charge is 0.138 e. The summed E-state index contributed by atoms with van der Waals surface area (Å²) in [7, 11) is 0. The van der Waals surface area contributed by atoms with E-state index in [1.54, 1.807) is 12.3 Å². The Kier molecular flexibility index (Phi) is 3.44. The van der Waals surface area contributed by atoms with Gasteiger partial charge in [0.25, 0.3) is 0 Å². The predicted molar refractivity (Wildman–Crippen MR) is 63.2 cm³/mol. The summed E-state index contributed by atoms with van der Waals surface area (Å²) in [5.41, 5.74) is 7.97. The van der Waals surface area contributed by atoms with Gasteiger partial charge in [0.2, 0.25) is 0 Å². The van der Waals surface area contributed by atoms with Crippen LogP contribution in [0.2, 0.25) is 0 Å². The number of aromatic nitrogens is 2. The Morgan fingerprint density at radius 3 is 2.73 bits per heavy atom. The Morgan fingerprint density at radius 2 is 2.13 bits per heavy atom. The zero-order valence-corrected chi connectivity index (χ0v) is 9.26. The fourth-order valence-electron chi connectivity index (χ4n) is 1.39. The highest BCUT2D eigenvalue weighted by molar-refractivity contribution is 6.06. The molecule has 0 radical (unpaired) electrons. The molecule has 4 nitrogen and oxygen atoms in total. The van der Waals surface area contributed by atoms with Gasteiger partial charge in [0.15, 0.2) is 0 Å². The summed E-state index contributed by atoms with van der Waals surface area (Å²) in [4.78, 5) is 7.23. The highest BCUT2D eigenvalue weighted by atomic mass is 14.9. The Hall–Kier alpha value is -1.84. The van der Waals surface area contributed by atoms with Gasteiger partial charge in [-0.25, -0.2) is 4.98 Å². The predicted octanol–water partition coefficient (Wildman–Crippen LogP) is 2.18. The molecule has 2 heterocycles. The van der Waals surface area contributed by atoms with Crippen LogP contribution in [0.3, 0.4) is 0 Å². The number of hydrogen-bond donors (Lipinski definition) is 3. The first-order chi connectivity index (χ1) is 7.18. The summed E-state index contributed by atoms with van der Waals surface area (Å²) < 4.78 is 0. The van der Waals surface area contributed by atoms with Gasteiger partial charge in [0.05, 0.1) is 0 Å². The molecule has 0 bridgehead atoms. The van der Waals surface area contributed by atoms with Crippen molar-refractivity contribution in [2.45, 2.75) is 20.8 Å². The van der Waals surface area contributed by atoms with Crippen LogP contribution in [-0.2, 0) is 0 Å². The molecule has 0 saturated heterocycles. The van der Waals surface area contributed by atoms with E-state index in [2.05, 4.69) is 9.97 Å². The average Bonchev–Trinajstić information content (AvgIpc) is 2.60. The van der Waals surface area contributed by atoms with Crippen LogP contribution >= 0.6 is 0 Å². The fraction of sp³-hybridized carbons (Fsp3) is 0.273. The third-order valence-corrected chi connectivity index (χ3v) is 1.96. The Balaban J connectivity index is 0.000000531. The number of nitrogens with one attached hydrogen (secondary N) is 2. The molecule has 0 fully saturated rings. The second kappa shape index (κ2) is 4.59. The number of H-pyrrole nitrogens is 1. The topological polar surface area (TPSA) is 78.6 Å². The van der Waals surface area contributed by atoms with Crippen molar-refractivity contribution in [1.82, 2.24) is 9.97 Å². The number of aryl methyl sites for hydroxylation is 1. The second-order valence-corrected chi connectivity index (χ2v) is 2.99. The van der Waals surface area contributed by atoms with Crippen molar-refractivity contribution < 1.29 is 0 Å². The molecular formula is C11H16N4. The number of nitrogens with zero attached hydrogens (tertiary/aromatic N) is 1. The van der Waals surface area contributed by atoms with Crippen LogP contribution in [0, 0.1) is 12.3 Å². The lowest BCUT2D eigenvalue weighted by Crippen LogP contribution is -2.11. The molecule has 2 aromatic rings. The first-order valence-corrected chi connectivity index (χ1v) is 4.97. The highest BCUT2D eigenvalue weighted by Crippen LogP contribution is 2.16. The quantitative estimate of drug-likeness (QED) is 0.491. The molecule has 4 N–H and O–H groups in total. The zero-order chi connectivity index (χ0) is 11.4. The maximum absolute atomic E-state index is 7.36. The van der Waals surface area contributed by atoms with E-state index in [-0.39, 0.29) is 5.84 Å². The van der Waals surface area contributed by atoms with Gasteiger partial charge in [0.1, 0.15) is 11.5 Å². The summed E-state index contributed by atoms with van der Waals surface area (Å²) in [6, 6.07) is 3.69. The van der Waals surface area contributed by atoms with Gasteiger partial charge in [-0.2, -0.15) is 0 Å². The van der Waals surface area contributed by atoms with Crippen molar-refractivity contribution in [1.29, 1.82) is 5.41 Å². The van der Waals surface area contributed by atoms with Gasteiger partial charge in [-0.15, -0.1) is 0 Å². The van der Waals surface area contributed by atoms with Crippen LogP contribution in [0.15, 0.2) is 18.3 Å². The maximum atomic E-state index is 7.36. The molecule has 0 atom stereocenters. The number of nitrogens with two attached hydrogens (primary N) is 1. The van der Waals surface area contributed by atoms with Gasteiger partial charge in [0, 0.05) is 22.8 Å². The van der Waals surface area contributed by atoms with Gasteiger partial charge < -0.3 is 10.7 Å². The zero-order valence-electron chi connectivity index (χ0n) is 9.26. The fourth-order valence-corrected chi connectivity index (χ4v) is 1.39. The summed E-state index contributed by atoms with van der Waals surface area (Å²) >= 11 is 0. The monoisotopic (exact) mass is 204 g/mol. The van der Waals surface area contributed by atoms with E-state index in [0.29, 0.717) is 0 Å². The lowest BCUT2D eigenvalue weighted by Gasteiger charge is -1.97. The molecule has 0 spiro atoms. The number of nitrogen functional groups attached to an aromatic ring is 1. The van der Waals surface area contributed by atoms with E-state index in [4.69, 9.17) is 11.1 Å². The van der Waals surface area contributed by atoms with Crippen molar-refractivity contribution in [3.8, 4) is 0 Å². The minimum absolute atomic E-state index is 0.0754. The minimum Gasteiger partial charge on any atom is -0.384 e. The molecule has 2 aromatic heterocycles. The molecule has 15 heavy (non-hydrogen) atoms. The summed E-state index contributed by atoms with van der Waals surface area (Å²) in [5.74, 6) is 0.0754. The number of rotatable bonds is 1. The molecule has 0 unspecified atom stereocenters. The highest BCUT2D eigenvalue weighted by Gasteiger charge is 2.05. The molecule has 0 amide bonds. The standard InChI is InChI=1S/C9H10N4.C2H6/c1-5-4-7-6(8(10)11)2-3-12-9(7)13-5;1-2/h2-4H,1H3,(H3,10,11)(H,12,13);1-2H3. The number of amidine groups is 1. The third-order valence-electron chi connectivity index (χ3n) is 1.96. The van der Waals surface area contributed by atoms with Crippen LogP contribution in [-0.4, -0.2) is 15.8 Å². The van der Waals surface area contributed by atoms with E-state index >= 15 is 0 Å². The van der Waals surface area contributed by atoms with E-state index in [9.17, 15) is 0 Å². The van der Waals surface area contributed by atoms with Crippen molar-refractivity contribution >= 4 is 16.9 Å². The maximum Gasteiger partial charge on any atom is 0.138 e. The molecule has 0 saturated carbocycles. The molecular weight excluding hydrogens is 188 g/mol. The summed E-state index contributed by atoms with van der Waals surface area (Å²) in [5, 5.41) is 8.27. The van der Waals surface area contributed by atoms with Gasteiger partial charge in [-0.05, 0) is 19.1 Å². The molecule has 0 aliphatic rings. The Morgan fingerprint density at radius 1 is 1.47 bits per heavy atom. The van der Waals surface area contributed by atoms with Crippen LogP contribution < -0.4 is 5.73 Å². The van der Waals surface area contributed by atoms with Gasteiger partial charge in [-0.3, -0.25) is 5.41 Å². The van der Waals surface area contributed by atoms with Crippen LogP contribution in [0.4, 0.5) is 0 Å². The normalized spacial score (nSPS) is 9.53.